The molecule has 0 saturated carbocycles. The number of benzene rings is 1. The minimum atomic E-state index is -0.0427. The second-order valence-corrected chi connectivity index (χ2v) is 5.89. The Bertz CT molecular complexity index is 378. The van der Waals surface area contributed by atoms with Crippen molar-refractivity contribution >= 4 is 6.03 Å². The van der Waals surface area contributed by atoms with Gasteiger partial charge in [0.2, 0.25) is 0 Å². The highest BCUT2D eigenvalue weighted by molar-refractivity contribution is 5.73. The standard InChI is InChI=1S/C19H32N2O/c1-2-3-4-5-6-7-8-12-16-20-19(22)21-17-15-18-13-10-9-11-14-18/h9-11,13-14H,2-8,12,15-17H2,1H3,(H2,20,21,22). The summed E-state index contributed by atoms with van der Waals surface area (Å²) < 4.78 is 0. The van der Waals surface area contributed by atoms with Crippen LogP contribution in [-0.2, 0) is 6.42 Å². The number of hydrogen-bond donors (Lipinski definition) is 2. The summed E-state index contributed by atoms with van der Waals surface area (Å²) in [4.78, 5) is 11.6. The van der Waals surface area contributed by atoms with Crippen molar-refractivity contribution in [1.29, 1.82) is 0 Å². The fourth-order valence-corrected chi connectivity index (χ4v) is 2.49. The molecule has 0 saturated heterocycles. The highest BCUT2D eigenvalue weighted by Gasteiger charge is 1.99. The van der Waals surface area contributed by atoms with Gasteiger partial charge in [0, 0.05) is 13.1 Å². The maximum atomic E-state index is 11.6. The molecule has 0 aromatic heterocycles. The number of carbonyl (C=O) groups excluding carboxylic acids is 1. The van der Waals surface area contributed by atoms with Gasteiger partial charge < -0.3 is 10.6 Å². The Morgan fingerprint density at radius 3 is 2.09 bits per heavy atom. The van der Waals surface area contributed by atoms with E-state index in [-0.39, 0.29) is 6.03 Å². The Kier molecular flexibility index (Phi) is 11.1. The molecule has 124 valence electrons. The molecule has 0 unspecified atom stereocenters. The minimum absolute atomic E-state index is 0.0427. The molecule has 1 aromatic rings. The van der Waals surface area contributed by atoms with E-state index in [2.05, 4.69) is 29.7 Å². The molecule has 0 fully saturated rings. The van der Waals surface area contributed by atoms with Crippen molar-refractivity contribution in [3.63, 3.8) is 0 Å². The third-order valence-electron chi connectivity index (χ3n) is 3.86. The number of carbonyl (C=O) groups is 1. The van der Waals surface area contributed by atoms with Gasteiger partial charge in [0.15, 0.2) is 0 Å². The largest absolute Gasteiger partial charge is 0.338 e. The van der Waals surface area contributed by atoms with E-state index in [9.17, 15) is 4.79 Å². The Hall–Kier alpha value is -1.51. The lowest BCUT2D eigenvalue weighted by Gasteiger charge is -2.07. The molecule has 0 heterocycles. The van der Waals surface area contributed by atoms with Crippen molar-refractivity contribution in [2.45, 2.75) is 64.7 Å². The lowest BCUT2D eigenvalue weighted by Crippen LogP contribution is -2.37. The minimum Gasteiger partial charge on any atom is -0.338 e. The zero-order valence-corrected chi connectivity index (χ0v) is 14.1. The van der Waals surface area contributed by atoms with Crippen LogP contribution in [0.3, 0.4) is 0 Å². The summed E-state index contributed by atoms with van der Waals surface area (Å²) in [5.41, 5.74) is 1.26. The van der Waals surface area contributed by atoms with E-state index in [1.165, 1.54) is 50.5 Å². The summed E-state index contributed by atoms with van der Waals surface area (Å²) in [5.74, 6) is 0. The van der Waals surface area contributed by atoms with Gasteiger partial charge in [0.25, 0.3) is 0 Å². The molecular weight excluding hydrogens is 272 g/mol. The van der Waals surface area contributed by atoms with Crippen molar-refractivity contribution in [3.8, 4) is 0 Å². The van der Waals surface area contributed by atoms with Gasteiger partial charge in [-0.2, -0.15) is 0 Å². The molecule has 0 atom stereocenters. The van der Waals surface area contributed by atoms with Crippen LogP contribution >= 0.6 is 0 Å². The zero-order chi connectivity index (χ0) is 15.9. The average molecular weight is 304 g/mol. The summed E-state index contributed by atoms with van der Waals surface area (Å²) in [7, 11) is 0. The molecule has 2 N–H and O–H groups in total. The van der Waals surface area contributed by atoms with Crippen LogP contribution < -0.4 is 10.6 Å². The topological polar surface area (TPSA) is 41.1 Å². The van der Waals surface area contributed by atoms with Gasteiger partial charge in [-0.15, -0.1) is 0 Å². The van der Waals surface area contributed by atoms with Crippen LogP contribution in [0.5, 0.6) is 0 Å². The van der Waals surface area contributed by atoms with Crippen molar-refractivity contribution < 1.29 is 4.79 Å². The fourth-order valence-electron chi connectivity index (χ4n) is 2.49. The second-order valence-electron chi connectivity index (χ2n) is 5.89. The van der Waals surface area contributed by atoms with Gasteiger partial charge in [0.1, 0.15) is 0 Å². The first kappa shape index (κ1) is 18.5. The third-order valence-corrected chi connectivity index (χ3v) is 3.86. The lowest BCUT2D eigenvalue weighted by molar-refractivity contribution is 0.241. The average Bonchev–Trinajstić information content (AvgIpc) is 2.54. The third kappa shape index (κ3) is 10.3. The van der Waals surface area contributed by atoms with Crippen LogP contribution in [-0.4, -0.2) is 19.1 Å². The predicted octanol–water partition coefficient (Wildman–Crippen LogP) is 4.67. The summed E-state index contributed by atoms with van der Waals surface area (Å²) in [6.45, 7) is 3.72. The molecule has 22 heavy (non-hydrogen) atoms. The van der Waals surface area contributed by atoms with E-state index in [0.29, 0.717) is 6.54 Å². The molecule has 0 aliphatic heterocycles. The molecule has 0 radical (unpaired) electrons. The van der Waals surface area contributed by atoms with Crippen molar-refractivity contribution in [1.82, 2.24) is 10.6 Å². The summed E-state index contributed by atoms with van der Waals surface area (Å²) >= 11 is 0. The predicted molar refractivity (Wildman–Crippen MR) is 94.2 cm³/mol. The van der Waals surface area contributed by atoms with Crippen molar-refractivity contribution in [3.05, 3.63) is 35.9 Å². The Morgan fingerprint density at radius 2 is 1.41 bits per heavy atom. The highest BCUT2D eigenvalue weighted by Crippen LogP contribution is 2.07. The summed E-state index contributed by atoms with van der Waals surface area (Å²) in [6.07, 6.45) is 11.2. The van der Waals surface area contributed by atoms with E-state index in [0.717, 1.165) is 19.4 Å². The first-order valence-electron chi connectivity index (χ1n) is 8.88. The van der Waals surface area contributed by atoms with Crippen molar-refractivity contribution in [2.24, 2.45) is 0 Å². The molecule has 3 nitrogen and oxygen atoms in total. The normalized spacial score (nSPS) is 10.4. The van der Waals surface area contributed by atoms with E-state index in [4.69, 9.17) is 0 Å². The molecule has 0 spiro atoms. The van der Waals surface area contributed by atoms with Gasteiger partial charge in [-0.25, -0.2) is 4.79 Å². The van der Waals surface area contributed by atoms with Gasteiger partial charge in [-0.05, 0) is 18.4 Å². The first-order chi connectivity index (χ1) is 10.8. The molecule has 0 aliphatic carbocycles. The van der Waals surface area contributed by atoms with E-state index in [1.54, 1.807) is 0 Å². The van der Waals surface area contributed by atoms with Gasteiger partial charge in [0.05, 0.1) is 0 Å². The van der Waals surface area contributed by atoms with Crippen LogP contribution in [0.1, 0.15) is 63.9 Å². The summed E-state index contributed by atoms with van der Waals surface area (Å²) in [5, 5.41) is 5.84. The van der Waals surface area contributed by atoms with E-state index in [1.807, 2.05) is 18.2 Å². The molecule has 0 aliphatic rings. The number of unbranched alkanes of at least 4 members (excludes halogenated alkanes) is 7. The van der Waals surface area contributed by atoms with Crippen molar-refractivity contribution in [2.75, 3.05) is 13.1 Å². The smallest absolute Gasteiger partial charge is 0.314 e. The fraction of sp³-hybridized carbons (Fsp3) is 0.632. The Labute approximate surface area is 135 Å². The van der Waals surface area contributed by atoms with E-state index >= 15 is 0 Å². The molecule has 1 rings (SSSR count). The number of amides is 2. The quantitative estimate of drug-likeness (QED) is 0.541. The van der Waals surface area contributed by atoms with Gasteiger partial charge >= 0.3 is 6.03 Å². The molecule has 3 heteroatoms. The maximum absolute atomic E-state index is 11.6. The van der Waals surface area contributed by atoms with Gasteiger partial charge in [-0.1, -0.05) is 82.2 Å². The van der Waals surface area contributed by atoms with Crippen LogP contribution in [0.15, 0.2) is 30.3 Å². The molecule has 0 bridgehead atoms. The highest BCUT2D eigenvalue weighted by atomic mass is 16.2. The maximum Gasteiger partial charge on any atom is 0.314 e. The van der Waals surface area contributed by atoms with E-state index < -0.39 is 0 Å². The number of urea groups is 1. The van der Waals surface area contributed by atoms with Crippen LogP contribution in [0.25, 0.3) is 0 Å². The van der Waals surface area contributed by atoms with Crippen LogP contribution in [0, 0.1) is 0 Å². The Morgan fingerprint density at radius 1 is 0.818 bits per heavy atom. The zero-order valence-electron chi connectivity index (χ0n) is 14.1. The van der Waals surface area contributed by atoms with Crippen LogP contribution in [0.4, 0.5) is 4.79 Å². The summed E-state index contributed by atoms with van der Waals surface area (Å²) in [6, 6.07) is 10.2. The Balaban J connectivity index is 1.87. The molecular formula is C19H32N2O. The molecule has 1 aromatic carbocycles. The number of nitrogens with one attached hydrogen (secondary N) is 2. The second kappa shape index (κ2) is 13.2. The number of rotatable bonds is 12. The first-order valence-corrected chi connectivity index (χ1v) is 8.88. The molecule has 2 amide bonds. The van der Waals surface area contributed by atoms with Crippen LogP contribution in [0.2, 0.25) is 0 Å². The van der Waals surface area contributed by atoms with Gasteiger partial charge in [-0.3, -0.25) is 0 Å². The number of hydrogen-bond acceptors (Lipinski definition) is 1. The lowest BCUT2D eigenvalue weighted by atomic mass is 10.1. The monoisotopic (exact) mass is 304 g/mol. The SMILES string of the molecule is CCCCCCCCCCNC(=O)NCCc1ccccc1.